The van der Waals surface area contributed by atoms with Gasteiger partial charge in [-0.05, 0) is 43.2 Å². The lowest BCUT2D eigenvalue weighted by atomic mass is 10.1. The third-order valence-corrected chi connectivity index (χ3v) is 7.13. The van der Waals surface area contributed by atoms with E-state index in [2.05, 4.69) is 5.32 Å². The van der Waals surface area contributed by atoms with Crippen LogP contribution in [-0.2, 0) is 21.2 Å². The Hall–Kier alpha value is -2.13. The van der Waals surface area contributed by atoms with Gasteiger partial charge in [-0.1, -0.05) is 29.3 Å². The predicted molar refractivity (Wildman–Crippen MR) is 115 cm³/mol. The highest BCUT2D eigenvalue weighted by Gasteiger charge is 2.27. The highest BCUT2D eigenvalue weighted by Crippen LogP contribution is 2.24. The number of carbonyl (C=O) groups excluding carboxylic acids is 1. The zero-order valence-corrected chi connectivity index (χ0v) is 18.6. The minimum Gasteiger partial charge on any atom is -0.496 e. The van der Waals surface area contributed by atoms with Gasteiger partial charge >= 0.3 is 0 Å². The first kappa shape index (κ1) is 22.6. The van der Waals surface area contributed by atoms with E-state index < -0.39 is 15.9 Å². The molecule has 0 aliphatic carbocycles. The Morgan fingerprint density at radius 3 is 2.63 bits per heavy atom. The number of amides is 1. The van der Waals surface area contributed by atoms with Gasteiger partial charge in [-0.2, -0.15) is 4.31 Å². The minimum absolute atomic E-state index is 0.0410. The van der Waals surface area contributed by atoms with Crippen molar-refractivity contribution in [2.45, 2.75) is 18.2 Å². The fourth-order valence-corrected chi connectivity index (χ4v) is 4.92. The molecule has 0 saturated carbocycles. The number of hydrogen-bond acceptors (Lipinski definition) is 5. The van der Waals surface area contributed by atoms with E-state index in [1.165, 1.54) is 22.5 Å². The first-order chi connectivity index (χ1) is 14.3. The summed E-state index contributed by atoms with van der Waals surface area (Å²) >= 11 is 6.18. The topological polar surface area (TPSA) is 84.9 Å². The maximum absolute atomic E-state index is 12.9. The van der Waals surface area contributed by atoms with Crippen LogP contribution in [0.4, 0.5) is 0 Å². The molecule has 0 unspecified atom stereocenters. The van der Waals surface area contributed by atoms with E-state index >= 15 is 0 Å². The Labute approximate surface area is 182 Å². The van der Waals surface area contributed by atoms with Gasteiger partial charge in [0.2, 0.25) is 10.0 Å². The van der Waals surface area contributed by atoms with E-state index in [9.17, 15) is 13.2 Å². The van der Waals surface area contributed by atoms with Crippen LogP contribution in [0.5, 0.6) is 5.75 Å². The van der Waals surface area contributed by atoms with Crippen LogP contribution in [0.25, 0.3) is 0 Å². The molecule has 1 aliphatic heterocycles. The van der Waals surface area contributed by atoms with Crippen molar-refractivity contribution in [3.8, 4) is 5.75 Å². The van der Waals surface area contributed by atoms with Crippen LogP contribution < -0.4 is 10.1 Å². The monoisotopic (exact) mass is 452 g/mol. The lowest BCUT2D eigenvalue weighted by molar-refractivity contribution is 0.0730. The molecule has 2 aromatic rings. The van der Waals surface area contributed by atoms with Crippen LogP contribution in [-0.4, -0.2) is 58.6 Å². The zero-order valence-electron chi connectivity index (χ0n) is 17.0. The summed E-state index contributed by atoms with van der Waals surface area (Å²) in [6.07, 6.45) is 0.569. The van der Waals surface area contributed by atoms with Crippen molar-refractivity contribution >= 4 is 27.5 Å². The van der Waals surface area contributed by atoms with E-state index in [-0.39, 0.29) is 28.6 Å². The van der Waals surface area contributed by atoms with Crippen LogP contribution >= 0.6 is 11.6 Å². The average molecular weight is 453 g/mol. The van der Waals surface area contributed by atoms with Gasteiger partial charge < -0.3 is 14.8 Å². The maximum atomic E-state index is 12.9. The van der Waals surface area contributed by atoms with Crippen molar-refractivity contribution in [1.82, 2.24) is 9.62 Å². The third kappa shape index (κ3) is 5.13. The van der Waals surface area contributed by atoms with Gasteiger partial charge in [-0.25, -0.2) is 8.42 Å². The van der Waals surface area contributed by atoms with Gasteiger partial charge in [0, 0.05) is 19.6 Å². The second-order valence-corrected chi connectivity index (χ2v) is 9.32. The Bertz CT molecular complexity index is 1020. The third-order valence-electron chi connectivity index (χ3n) is 4.91. The van der Waals surface area contributed by atoms with Crippen LogP contribution in [0, 0.1) is 6.92 Å². The summed E-state index contributed by atoms with van der Waals surface area (Å²) in [5.41, 5.74) is 2.20. The van der Waals surface area contributed by atoms with Gasteiger partial charge in [0.1, 0.15) is 5.75 Å². The molecule has 30 heavy (non-hydrogen) atoms. The normalized spacial score (nSPS) is 15.0. The number of methoxy groups -OCH3 is 1. The van der Waals surface area contributed by atoms with E-state index in [0.717, 1.165) is 16.9 Å². The zero-order chi connectivity index (χ0) is 21.7. The molecule has 1 amide bonds. The number of rotatable bonds is 7. The number of sulfonamides is 1. The number of nitrogens with one attached hydrogen (secondary N) is 1. The molecule has 1 heterocycles. The second-order valence-electron chi connectivity index (χ2n) is 6.98. The van der Waals surface area contributed by atoms with E-state index in [0.29, 0.717) is 26.2 Å². The summed E-state index contributed by atoms with van der Waals surface area (Å²) in [4.78, 5) is 12.7. The van der Waals surface area contributed by atoms with Gasteiger partial charge in [-0.15, -0.1) is 0 Å². The summed E-state index contributed by atoms with van der Waals surface area (Å²) in [6.45, 7) is 3.61. The second kappa shape index (κ2) is 9.78. The van der Waals surface area contributed by atoms with Gasteiger partial charge in [-0.3, -0.25) is 4.79 Å². The summed E-state index contributed by atoms with van der Waals surface area (Å²) in [6, 6.07) is 10.0. The number of morpholine rings is 1. The molecular weight excluding hydrogens is 428 g/mol. The quantitative estimate of drug-likeness (QED) is 0.698. The minimum atomic E-state index is -3.71. The van der Waals surface area contributed by atoms with E-state index in [1.54, 1.807) is 7.11 Å². The lowest BCUT2D eigenvalue weighted by Crippen LogP contribution is -2.40. The molecule has 0 atom stereocenters. The summed E-state index contributed by atoms with van der Waals surface area (Å²) < 4.78 is 37.6. The summed E-state index contributed by atoms with van der Waals surface area (Å²) in [5, 5.41) is 3.01. The molecule has 2 aromatic carbocycles. The molecular formula is C21H25ClN2O5S. The number of aryl methyl sites for hydroxylation is 1. The van der Waals surface area contributed by atoms with Gasteiger partial charge in [0.25, 0.3) is 5.91 Å². The van der Waals surface area contributed by atoms with Crippen molar-refractivity contribution in [1.29, 1.82) is 0 Å². The fourth-order valence-electron chi connectivity index (χ4n) is 3.28. The number of benzene rings is 2. The molecule has 0 spiro atoms. The predicted octanol–water partition coefficient (Wildman–Crippen LogP) is 2.65. The molecule has 9 heteroatoms. The summed E-state index contributed by atoms with van der Waals surface area (Å²) in [7, 11) is -2.11. The largest absolute Gasteiger partial charge is 0.496 e. The molecule has 1 fully saturated rings. The number of hydrogen-bond donors (Lipinski definition) is 1. The van der Waals surface area contributed by atoms with Gasteiger partial charge in [0.05, 0.1) is 35.8 Å². The summed E-state index contributed by atoms with van der Waals surface area (Å²) in [5.74, 6) is 0.331. The molecule has 1 N–H and O–H groups in total. The Morgan fingerprint density at radius 2 is 1.93 bits per heavy atom. The highest BCUT2D eigenvalue weighted by molar-refractivity contribution is 7.89. The lowest BCUT2D eigenvalue weighted by Gasteiger charge is -2.26. The Morgan fingerprint density at radius 1 is 1.20 bits per heavy atom. The first-order valence-corrected chi connectivity index (χ1v) is 11.4. The molecule has 7 nitrogen and oxygen atoms in total. The SMILES string of the molecule is COc1ccc(C)cc1CCNC(=O)c1cc(S(=O)(=O)N2CCOCC2)ccc1Cl. The molecule has 0 radical (unpaired) electrons. The smallest absolute Gasteiger partial charge is 0.252 e. The fraction of sp³-hybridized carbons (Fsp3) is 0.381. The molecule has 1 aliphatic rings. The molecule has 3 rings (SSSR count). The molecule has 0 bridgehead atoms. The Kier molecular flexibility index (Phi) is 7.36. The molecule has 162 valence electrons. The maximum Gasteiger partial charge on any atom is 0.252 e. The highest BCUT2D eigenvalue weighted by atomic mass is 35.5. The van der Waals surface area contributed by atoms with Crippen LogP contribution in [0.3, 0.4) is 0 Å². The van der Waals surface area contributed by atoms with Crippen molar-refractivity contribution in [2.24, 2.45) is 0 Å². The first-order valence-electron chi connectivity index (χ1n) is 9.62. The standard InChI is InChI=1S/C21H25ClN2O5S/c1-15-3-6-20(28-2)16(13-15)7-8-23-21(25)18-14-17(4-5-19(18)22)30(26,27)24-9-11-29-12-10-24/h3-6,13-14H,7-12H2,1-2H3,(H,23,25). The number of nitrogens with zero attached hydrogens (tertiary/aromatic N) is 1. The van der Waals surface area contributed by atoms with Crippen molar-refractivity contribution in [2.75, 3.05) is 40.0 Å². The Balaban J connectivity index is 1.72. The average Bonchev–Trinajstić information content (AvgIpc) is 2.74. The van der Waals surface area contributed by atoms with Crippen molar-refractivity contribution in [3.63, 3.8) is 0 Å². The van der Waals surface area contributed by atoms with Crippen LogP contribution in [0.1, 0.15) is 21.5 Å². The number of carbonyl (C=O) groups is 1. The van der Waals surface area contributed by atoms with Crippen molar-refractivity contribution < 1.29 is 22.7 Å². The van der Waals surface area contributed by atoms with E-state index in [4.69, 9.17) is 21.1 Å². The van der Waals surface area contributed by atoms with Crippen molar-refractivity contribution in [3.05, 3.63) is 58.1 Å². The molecule has 1 saturated heterocycles. The number of ether oxygens (including phenoxy) is 2. The van der Waals surface area contributed by atoms with Gasteiger partial charge in [0.15, 0.2) is 0 Å². The van der Waals surface area contributed by atoms with E-state index in [1.807, 2.05) is 25.1 Å². The van der Waals surface area contributed by atoms with Crippen LogP contribution in [0.15, 0.2) is 41.3 Å². The molecule has 0 aromatic heterocycles. The van der Waals surface area contributed by atoms with Crippen LogP contribution in [0.2, 0.25) is 5.02 Å². The number of halogens is 1.